The molecule has 1 aromatic carbocycles. The van der Waals surface area contributed by atoms with Gasteiger partial charge in [0.25, 0.3) is 0 Å². The number of benzene rings is 1. The monoisotopic (exact) mass is 255 g/mol. The number of aromatic nitrogens is 2. The van der Waals surface area contributed by atoms with E-state index >= 15 is 0 Å². The highest BCUT2D eigenvalue weighted by Gasteiger charge is 2.23. The molecule has 1 saturated carbocycles. The van der Waals surface area contributed by atoms with Crippen LogP contribution in [0, 0.1) is 5.92 Å². The van der Waals surface area contributed by atoms with Crippen LogP contribution in [0.5, 0.6) is 0 Å². The molecule has 2 aromatic rings. The number of hydrogen-bond donors (Lipinski definition) is 1. The lowest BCUT2D eigenvalue weighted by Crippen LogP contribution is -2.26. The maximum absolute atomic E-state index is 4.78. The molecule has 3 heteroatoms. The fraction of sp³-hybridized carbons (Fsp3) is 0.500. The van der Waals surface area contributed by atoms with Gasteiger partial charge >= 0.3 is 0 Å². The molecule has 0 bridgehead atoms. The second kappa shape index (κ2) is 5.66. The average Bonchev–Trinajstić information content (AvgIpc) is 2.41. The molecular formula is C16H21N3. The van der Waals surface area contributed by atoms with E-state index in [0.717, 1.165) is 29.2 Å². The van der Waals surface area contributed by atoms with Crippen LogP contribution in [0.25, 0.3) is 11.0 Å². The fourth-order valence-corrected chi connectivity index (χ4v) is 2.76. The zero-order chi connectivity index (χ0) is 13.1. The van der Waals surface area contributed by atoms with Crippen LogP contribution in [-0.4, -0.2) is 16.5 Å². The second-order valence-corrected chi connectivity index (χ2v) is 5.43. The van der Waals surface area contributed by atoms with E-state index in [1.54, 1.807) is 0 Å². The molecule has 1 aromatic heterocycles. The molecular weight excluding hydrogens is 234 g/mol. The zero-order valence-electron chi connectivity index (χ0n) is 11.5. The van der Waals surface area contributed by atoms with Crippen molar-refractivity contribution in [3.05, 3.63) is 36.2 Å². The molecule has 0 saturated heterocycles. The van der Waals surface area contributed by atoms with Crippen LogP contribution in [-0.2, 0) is 0 Å². The van der Waals surface area contributed by atoms with E-state index in [1.807, 2.05) is 30.5 Å². The Morgan fingerprint density at radius 2 is 2.05 bits per heavy atom. The summed E-state index contributed by atoms with van der Waals surface area (Å²) in [7, 11) is 0. The molecule has 0 amide bonds. The lowest BCUT2D eigenvalue weighted by Gasteiger charge is -2.29. The Balaban J connectivity index is 1.85. The minimum Gasteiger partial charge on any atom is -0.309 e. The molecule has 19 heavy (non-hydrogen) atoms. The van der Waals surface area contributed by atoms with Gasteiger partial charge in [0.2, 0.25) is 0 Å². The van der Waals surface area contributed by atoms with Gasteiger partial charge in [-0.2, -0.15) is 0 Å². The van der Waals surface area contributed by atoms with Crippen molar-refractivity contribution in [1.82, 2.24) is 15.3 Å². The highest BCUT2D eigenvalue weighted by molar-refractivity contribution is 5.73. The van der Waals surface area contributed by atoms with Crippen molar-refractivity contribution in [2.24, 2.45) is 5.92 Å². The van der Waals surface area contributed by atoms with Gasteiger partial charge < -0.3 is 5.32 Å². The first kappa shape index (κ1) is 12.5. The van der Waals surface area contributed by atoms with Crippen molar-refractivity contribution in [3.8, 4) is 0 Å². The zero-order valence-corrected chi connectivity index (χ0v) is 11.5. The van der Waals surface area contributed by atoms with Gasteiger partial charge in [0, 0.05) is 0 Å². The number of rotatable bonds is 5. The number of hydrogen-bond acceptors (Lipinski definition) is 3. The maximum atomic E-state index is 4.78. The summed E-state index contributed by atoms with van der Waals surface area (Å²) in [4.78, 5) is 9.31. The third kappa shape index (κ3) is 2.76. The van der Waals surface area contributed by atoms with Crippen molar-refractivity contribution in [2.75, 3.05) is 6.54 Å². The van der Waals surface area contributed by atoms with E-state index in [0.29, 0.717) is 6.04 Å². The van der Waals surface area contributed by atoms with Crippen LogP contribution in [0.15, 0.2) is 30.5 Å². The molecule has 3 rings (SSSR count). The van der Waals surface area contributed by atoms with Gasteiger partial charge in [-0.15, -0.1) is 0 Å². The van der Waals surface area contributed by atoms with Crippen molar-refractivity contribution in [1.29, 1.82) is 0 Å². The van der Waals surface area contributed by atoms with Crippen molar-refractivity contribution < 1.29 is 0 Å². The van der Waals surface area contributed by atoms with E-state index in [2.05, 4.69) is 17.2 Å². The first-order valence-corrected chi connectivity index (χ1v) is 7.32. The highest BCUT2D eigenvalue weighted by Crippen LogP contribution is 2.34. The topological polar surface area (TPSA) is 37.8 Å². The van der Waals surface area contributed by atoms with Gasteiger partial charge in [-0.3, -0.25) is 4.98 Å². The Morgan fingerprint density at radius 3 is 2.74 bits per heavy atom. The van der Waals surface area contributed by atoms with E-state index in [1.165, 1.54) is 25.7 Å². The Hall–Kier alpha value is -1.48. The Kier molecular flexibility index (Phi) is 3.74. The first-order chi connectivity index (χ1) is 9.36. The van der Waals surface area contributed by atoms with Crippen LogP contribution in [0.2, 0.25) is 0 Å². The highest BCUT2D eigenvalue weighted by atomic mass is 14.9. The molecule has 1 aliphatic carbocycles. The number of fused-ring (bicyclic) bond motifs is 1. The largest absolute Gasteiger partial charge is 0.309 e. The molecule has 0 radical (unpaired) electrons. The summed E-state index contributed by atoms with van der Waals surface area (Å²) in [5.74, 6) is 0.873. The minimum atomic E-state index is 0.354. The third-order valence-electron chi connectivity index (χ3n) is 4.07. The predicted molar refractivity (Wildman–Crippen MR) is 77.9 cm³/mol. The van der Waals surface area contributed by atoms with E-state index in [-0.39, 0.29) is 0 Å². The van der Waals surface area contributed by atoms with Crippen LogP contribution < -0.4 is 5.32 Å². The third-order valence-corrected chi connectivity index (χ3v) is 4.07. The predicted octanol–water partition coefficient (Wildman–Crippen LogP) is 3.47. The fourth-order valence-electron chi connectivity index (χ4n) is 2.76. The van der Waals surface area contributed by atoms with Crippen molar-refractivity contribution >= 4 is 11.0 Å². The molecule has 3 nitrogen and oxygen atoms in total. The van der Waals surface area contributed by atoms with E-state index < -0.39 is 0 Å². The smallest absolute Gasteiger partial charge is 0.0890 e. The molecule has 1 fully saturated rings. The van der Waals surface area contributed by atoms with Crippen molar-refractivity contribution in [3.63, 3.8) is 0 Å². The second-order valence-electron chi connectivity index (χ2n) is 5.43. The van der Waals surface area contributed by atoms with Crippen LogP contribution in [0.1, 0.15) is 44.3 Å². The number of nitrogens with one attached hydrogen (secondary N) is 1. The lowest BCUT2D eigenvalue weighted by atomic mass is 9.80. The van der Waals surface area contributed by atoms with Gasteiger partial charge in [-0.25, -0.2) is 4.98 Å². The summed E-state index contributed by atoms with van der Waals surface area (Å²) in [6, 6.07) is 8.44. The lowest BCUT2D eigenvalue weighted by molar-refractivity contribution is 0.260. The quantitative estimate of drug-likeness (QED) is 0.889. The number of nitrogens with zero attached hydrogens (tertiary/aromatic N) is 2. The van der Waals surface area contributed by atoms with Gasteiger partial charge in [-0.1, -0.05) is 38.3 Å². The van der Waals surface area contributed by atoms with E-state index in [4.69, 9.17) is 4.98 Å². The molecule has 1 heterocycles. The first-order valence-electron chi connectivity index (χ1n) is 7.32. The SMILES string of the molecule is CCNC(CC1CCC1)c1cnc2ccccc2n1. The van der Waals surface area contributed by atoms with Crippen LogP contribution in [0.4, 0.5) is 0 Å². The summed E-state index contributed by atoms with van der Waals surface area (Å²) >= 11 is 0. The summed E-state index contributed by atoms with van der Waals surface area (Å²) < 4.78 is 0. The summed E-state index contributed by atoms with van der Waals surface area (Å²) in [6.45, 7) is 3.13. The molecule has 0 spiro atoms. The minimum absolute atomic E-state index is 0.354. The Labute approximate surface area is 114 Å². The van der Waals surface area contributed by atoms with E-state index in [9.17, 15) is 0 Å². The summed E-state index contributed by atoms with van der Waals surface area (Å²) in [5, 5.41) is 3.56. The maximum Gasteiger partial charge on any atom is 0.0890 e. The molecule has 1 unspecified atom stereocenters. The van der Waals surface area contributed by atoms with Gasteiger partial charge in [-0.05, 0) is 31.0 Å². The van der Waals surface area contributed by atoms with Crippen molar-refractivity contribution in [2.45, 2.75) is 38.6 Å². The normalized spacial score (nSPS) is 17.3. The molecule has 1 N–H and O–H groups in total. The van der Waals surface area contributed by atoms with Gasteiger partial charge in [0.1, 0.15) is 0 Å². The average molecular weight is 255 g/mol. The molecule has 0 aliphatic heterocycles. The standard InChI is InChI=1S/C16H21N3/c1-2-17-15(10-12-6-5-7-12)16-11-18-13-8-3-4-9-14(13)19-16/h3-4,8-9,11-12,15,17H,2,5-7,10H2,1H3. The molecule has 1 atom stereocenters. The summed E-state index contributed by atoms with van der Waals surface area (Å²) in [6.07, 6.45) is 7.29. The number of para-hydroxylation sites is 2. The summed E-state index contributed by atoms with van der Waals surface area (Å²) in [5.41, 5.74) is 3.06. The van der Waals surface area contributed by atoms with Gasteiger partial charge in [0.15, 0.2) is 0 Å². The van der Waals surface area contributed by atoms with Gasteiger partial charge in [0.05, 0.1) is 29.0 Å². The van der Waals surface area contributed by atoms with Crippen LogP contribution >= 0.6 is 0 Å². The van der Waals surface area contributed by atoms with Crippen LogP contribution in [0.3, 0.4) is 0 Å². The Morgan fingerprint density at radius 1 is 1.26 bits per heavy atom. The Bertz CT molecular complexity index is 548. The molecule has 1 aliphatic rings. The molecule has 100 valence electrons.